The van der Waals surface area contributed by atoms with Crippen molar-refractivity contribution in [2.24, 2.45) is 21.5 Å². The number of hydrogen-bond donors (Lipinski definition) is 4. The van der Waals surface area contributed by atoms with E-state index in [2.05, 4.69) is 30.0 Å². The van der Waals surface area contributed by atoms with Crippen LogP contribution in [0.4, 0.5) is 15.9 Å². The Morgan fingerprint density at radius 2 is 1.97 bits per heavy atom. The standard InChI is InChI=1S/C21H24FN9OS/c1-25-10-14(8-23)29-20-21-28-12-18(31(21)5-4-27-20)13-6-16(22)19(32-3)17(7-13)30-33-15(9-24)11-26-2/h4-12,30H,23-24H2,1-3H3,(H,27,29)/b14-8+,15-9+,25-10?,26-11?. The third-order valence-electron chi connectivity index (χ3n) is 4.38. The Bertz CT molecular complexity index is 1250. The number of imidazole rings is 1. The van der Waals surface area contributed by atoms with Crippen LogP contribution in [0.15, 0.2) is 63.7 Å². The van der Waals surface area contributed by atoms with Crippen LogP contribution < -0.4 is 26.2 Å². The van der Waals surface area contributed by atoms with E-state index in [1.807, 2.05) is 0 Å². The van der Waals surface area contributed by atoms with Crippen LogP contribution in [-0.2, 0) is 0 Å². The monoisotopic (exact) mass is 469 g/mol. The number of nitrogens with two attached hydrogens (primary N) is 2. The highest BCUT2D eigenvalue weighted by Crippen LogP contribution is 2.36. The number of rotatable bonds is 9. The van der Waals surface area contributed by atoms with Crippen molar-refractivity contribution in [2.75, 3.05) is 31.2 Å². The molecule has 12 heteroatoms. The molecule has 0 saturated carbocycles. The van der Waals surface area contributed by atoms with Crippen molar-refractivity contribution >= 4 is 41.5 Å². The number of allylic oxidation sites excluding steroid dienone is 2. The van der Waals surface area contributed by atoms with Gasteiger partial charge in [-0.2, -0.15) is 0 Å². The van der Waals surface area contributed by atoms with E-state index < -0.39 is 5.82 Å². The van der Waals surface area contributed by atoms with Crippen molar-refractivity contribution in [3.63, 3.8) is 0 Å². The van der Waals surface area contributed by atoms with Crippen LogP contribution in [0.1, 0.15) is 0 Å². The minimum absolute atomic E-state index is 0.0745. The fourth-order valence-corrected chi connectivity index (χ4v) is 3.59. The van der Waals surface area contributed by atoms with Crippen LogP contribution >= 0.6 is 11.9 Å². The molecule has 0 fully saturated rings. The Morgan fingerprint density at radius 1 is 1.18 bits per heavy atom. The van der Waals surface area contributed by atoms with Gasteiger partial charge in [0.2, 0.25) is 0 Å². The van der Waals surface area contributed by atoms with Crippen LogP contribution in [0.3, 0.4) is 0 Å². The summed E-state index contributed by atoms with van der Waals surface area (Å²) in [7, 11) is 4.67. The number of aromatic nitrogens is 3. The van der Waals surface area contributed by atoms with Crippen molar-refractivity contribution in [3.8, 4) is 17.0 Å². The SMILES string of the molecule is CN=C/C(=C\N)Nc1nccn2c(-c3cc(F)c(OC)c(NS/C(C=NC)=C/N)c3)cnc12. The highest BCUT2D eigenvalue weighted by Gasteiger charge is 2.17. The zero-order valence-electron chi connectivity index (χ0n) is 18.3. The molecule has 3 aromatic rings. The average Bonchev–Trinajstić information content (AvgIpc) is 3.26. The summed E-state index contributed by atoms with van der Waals surface area (Å²) < 4.78 is 25.0. The van der Waals surface area contributed by atoms with Crippen LogP contribution in [0, 0.1) is 5.82 Å². The zero-order valence-corrected chi connectivity index (χ0v) is 19.1. The molecule has 2 aromatic heterocycles. The number of nitrogens with zero attached hydrogens (tertiary/aromatic N) is 5. The molecule has 0 amide bonds. The first-order chi connectivity index (χ1) is 16.1. The van der Waals surface area contributed by atoms with Gasteiger partial charge in [0.05, 0.1) is 35.3 Å². The van der Waals surface area contributed by atoms with Crippen molar-refractivity contribution in [2.45, 2.75) is 0 Å². The molecule has 10 nitrogen and oxygen atoms in total. The Labute approximate surface area is 194 Å². The molecule has 0 saturated heterocycles. The topological polar surface area (TPSA) is 140 Å². The van der Waals surface area contributed by atoms with E-state index >= 15 is 0 Å². The van der Waals surface area contributed by atoms with Gasteiger partial charge >= 0.3 is 0 Å². The Balaban J connectivity index is 2.03. The predicted octanol–water partition coefficient (Wildman–Crippen LogP) is 3.02. The lowest BCUT2D eigenvalue weighted by Gasteiger charge is -2.14. The number of methoxy groups -OCH3 is 1. The highest BCUT2D eigenvalue weighted by molar-refractivity contribution is 8.05. The van der Waals surface area contributed by atoms with Gasteiger partial charge in [-0.15, -0.1) is 0 Å². The molecule has 0 aliphatic heterocycles. The summed E-state index contributed by atoms with van der Waals surface area (Å²) in [6.45, 7) is 0. The zero-order chi connectivity index (χ0) is 23.8. The number of anilines is 2. The molecule has 1 aromatic carbocycles. The molecule has 3 rings (SSSR count). The first-order valence-corrected chi connectivity index (χ1v) is 10.5. The Morgan fingerprint density at radius 3 is 2.64 bits per heavy atom. The largest absolute Gasteiger partial charge is 0.492 e. The van der Waals surface area contributed by atoms with Gasteiger partial charge in [-0.1, -0.05) is 0 Å². The van der Waals surface area contributed by atoms with Crippen LogP contribution in [0.2, 0.25) is 0 Å². The van der Waals surface area contributed by atoms with Gasteiger partial charge in [0, 0.05) is 56.9 Å². The fraction of sp³-hybridized carbons (Fsp3) is 0.143. The lowest BCUT2D eigenvalue weighted by molar-refractivity contribution is 0.389. The quantitative estimate of drug-likeness (QED) is 0.277. The summed E-state index contributed by atoms with van der Waals surface area (Å²) in [6, 6.07) is 3.14. The van der Waals surface area contributed by atoms with E-state index in [4.69, 9.17) is 16.2 Å². The normalized spacial score (nSPS) is 12.7. The molecule has 6 N–H and O–H groups in total. The number of halogens is 1. The molecular weight excluding hydrogens is 445 g/mol. The molecule has 0 atom stereocenters. The number of hydrogen-bond acceptors (Lipinski definition) is 10. The third-order valence-corrected chi connectivity index (χ3v) is 5.18. The molecule has 172 valence electrons. The van der Waals surface area contributed by atoms with Crippen LogP contribution in [0.25, 0.3) is 16.9 Å². The van der Waals surface area contributed by atoms with Crippen LogP contribution in [-0.4, -0.2) is 48.0 Å². The predicted molar refractivity (Wildman–Crippen MR) is 133 cm³/mol. The van der Waals surface area contributed by atoms with Crippen molar-refractivity contribution in [1.29, 1.82) is 0 Å². The maximum absolute atomic E-state index is 14.9. The smallest absolute Gasteiger partial charge is 0.180 e. The molecule has 0 radical (unpaired) electrons. The lowest BCUT2D eigenvalue weighted by Crippen LogP contribution is -2.07. The van der Waals surface area contributed by atoms with E-state index in [-0.39, 0.29) is 5.75 Å². The minimum atomic E-state index is -0.532. The summed E-state index contributed by atoms with van der Waals surface area (Å²) in [5.74, 6) is 0.0145. The maximum Gasteiger partial charge on any atom is 0.180 e. The Hall–Kier alpha value is -4.06. The molecule has 0 bridgehead atoms. The Kier molecular flexibility index (Phi) is 7.86. The number of nitrogens with one attached hydrogen (secondary N) is 2. The molecule has 0 spiro atoms. The summed E-state index contributed by atoms with van der Waals surface area (Å²) in [6.07, 6.45) is 10.9. The summed E-state index contributed by atoms with van der Waals surface area (Å²) in [5, 5.41) is 3.08. The first-order valence-electron chi connectivity index (χ1n) is 9.64. The van der Waals surface area contributed by atoms with Gasteiger partial charge < -0.3 is 26.2 Å². The van der Waals surface area contributed by atoms with Crippen molar-refractivity contribution in [1.82, 2.24) is 14.4 Å². The number of benzene rings is 1. The van der Waals surface area contributed by atoms with E-state index in [1.54, 1.807) is 55.6 Å². The number of fused-ring (bicyclic) bond motifs is 1. The molecular formula is C21H24FN9OS. The summed E-state index contributed by atoms with van der Waals surface area (Å²) in [4.78, 5) is 17.3. The van der Waals surface area contributed by atoms with E-state index in [9.17, 15) is 4.39 Å². The average molecular weight is 470 g/mol. The molecule has 0 aliphatic carbocycles. The molecule has 2 heterocycles. The third kappa shape index (κ3) is 5.23. The van der Waals surface area contributed by atoms with Gasteiger partial charge in [0.1, 0.15) is 0 Å². The van der Waals surface area contributed by atoms with Crippen molar-refractivity contribution in [3.05, 3.63) is 59.5 Å². The highest BCUT2D eigenvalue weighted by atomic mass is 32.2. The van der Waals surface area contributed by atoms with E-state index in [0.717, 1.165) is 0 Å². The molecule has 0 unspecified atom stereocenters. The van der Waals surface area contributed by atoms with Gasteiger partial charge in [-0.3, -0.25) is 14.4 Å². The second kappa shape index (κ2) is 11.0. The second-order valence-corrected chi connectivity index (χ2v) is 7.33. The number of ether oxygens (including phenoxy) is 1. The first kappa shape index (κ1) is 23.6. The fourth-order valence-electron chi connectivity index (χ4n) is 2.98. The van der Waals surface area contributed by atoms with Crippen molar-refractivity contribution < 1.29 is 9.13 Å². The molecule has 0 aliphatic rings. The lowest BCUT2D eigenvalue weighted by atomic mass is 10.1. The van der Waals surface area contributed by atoms with Gasteiger partial charge in [-0.25, -0.2) is 14.4 Å². The van der Waals surface area contributed by atoms with Gasteiger partial charge in [0.25, 0.3) is 0 Å². The second-order valence-electron chi connectivity index (χ2n) is 6.45. The summed E-state index contributed by atoms with van der Waals surface area (Å²) in [5.41, 5.74) is 14.0. The maximum atomic E-state index is 14.9. The minimum Gasteiger partial charge on any atom is -0.492 e. The summed E-state index contributed by atoms with van der Waals surface area (Å²) >= 11 is 1.18. The molecule has 33 heavy (non-hydrogen) atoms. The van der Waals surface area contributed by atoms with E-state index in [1.165, 1.54) is 37.5 Å². The van der Waals surface area contributed by atoms with E-state index in [0.29, 0.717) is 39.0 Å². The van der Waals surface area contributed by atoms with Crippen LogP contribution in [0.5, 0.6) is 5.75 Å². The van der Waals surface area contributed by atoms with Gasteiger partial charge in [-0.05, 0) is 24.1 Å². The number of aliphatic imine (C=N–C) groups is 2. The van der Waals surface area contributed by atoms with Gasteiger partial charge in [0.15, 0.2) is 23.0 Å².